The van der Waals surface area contributed by atoms with Crippen LogP contribution in [0.2, 0.25) is 0 Å². The van der Waals surface area contributed by atoms with Gasteiger partial charge in [0.15, 0.2) is 16.6 Å². The molecule has 9 heteroatoms. The standard InChI is InChI=1S/C14H17N7OS/c1-3-4-23-13-19-11(15)10-12(20-13)21(14(22)18-10)7-9-5-16-8(2)17-6-9/h5-6H,3-4,7H2,1-2H3,(H,18,22)(H2,15,19,20). The molecule has 0 amide bonds. The average Bonchev–Trinajstić information content (AvgIpc) is 2.84. The van der Waals surface area contributed by atoms with E-state index in [1.807, 2.05) is 6.92 Å². The number of nitrogens with one attached hydrogen (secondary N) is 1. The van der Waals surface area contributed by atoms with Gasteiger partial charge in [0.25, 0.3) is 0 Å². The first kappa shape index (κ1) is 15.5. The van der Waals surface area contributed by atoms with Crippen LogP contribution in [0.3, 0.4) is 0 Å². The van der Waals surface area contributed by atoms with Crippen molar-refractivity contribution in [1.82, 2.24) is 29.5 Å². The molecule has 3 rings (SSSR count). The van der Waals surface area contributed by atoms with E-state index in [2.05, 4.69) is 31.8 Å². The lowest BCUT2D eigenvalue weighted by molar-refractivity contribution is 0.761. The smallest absolute Gasteiger partial charge is 0.328 e. The second kappa shape index (κ2) is 6.37. The number of nitrogens with two attached hydrogens (primary N) is 1. The van der Waals surface area contributed by atoms with Crippen LogP contribution in [0, 0.1) is 6.92 Å². The van der Waals surface area contributed by atoms with Crippen molar-refractivity contribution in [3.63, 3.8) is 0 Å². The minimum atomic E-state index is -0.279. The molecule has 0 saturated carbocycles. The number of nitrogen functional groups attached to an aromatic ring is 1. The summed E-state index contributed by atoms with van der Waals surface area (Å²) in [6.45, 7) is 4.22. The average molecular weight is 331 g/mol. The molecule has 0 aromatic carbocycles. The maximum atomic E-state index is 12.2. The van der Waals surface area contributed by atoms with Crippen LogP contribution in [-0.2, 0) is 6.54 Å². The third kappa shape index (κ3) is 3.19. The molecular formula is C14H17N7OS. The van der Waals surface area contributed by atoms with E-state index in [-0.39, 0.29) is 11.5 Å². The van der Waals surface area contributed by atoms with E-state index in [1.165, 1.54) is 16.3 Å². The van der Waals surface area contributed by atoms with Crippen molar-refractivity contribution >= 4 is 28.7 Å². The Bertz CT molecular complexity index is 885. The molecule has 23 heavy (non-hydrogen) atoms. The monoisotopic (exact) mass is 331 g/mol. The number of aryl methyl sites for hydroxylation is 1. The van der Waals surface area contributed by atoms with Gasteiger partial charge in [0.05, 0.1) is 6.54 Å². The number of anilines is 1. The zero-order valence-electron chi connectivity index (χ0n) is 12.9. The summed E-state index contributed by atoms with van der Waals surface area (Å²) in [5.74, 6) is 1.86. The van der Waals surface area contributed by atoms with E-state index in [4.69, 9.17) is 5.73 Å². The Balaban J connectivity index is 2.04. The molecule has 0 aliphatic heterocycles. The first-order valence-corrected chi connectivity index (χ1v) is 8.23. The summed E-state index contributed by atoms with van der Waals surface area (Å²) >= 11 is 1.52. The van der Waals surface area contributed by atoms with E-state index in [0.29, 0.717) is 28.7 Å². The number of rotatable bonds is 5. The third-order valence-electron chi connectivity index (χ3n) is 3.24. The maximum absolute atomic E-state index is 12.2. The van der Waals surface area contributed by atoms with Crippen LogP contribution in [0.15, 0.2) is 22.3 Å². The first-order chi connectivity index (χ1) is 11.1. The molecule has 0 unspecified atom stereocenters. The molecule has 0 bridgehead atoms. The van der Waals surface area contributed by atoms with Gasteiger partial charge in [0, 0.05) is 23.7 Å². The normalized spacial score (nSPS) is 11.2. The van der Waals surface area contributed by atoms with E-state index >= 15 is 0 Å². The van der Waals surface area contributed by atoms with E-state index in [1.54, 1.807) is 12.4 Å². The third-order valence-corrected chi connectivity index (χ3v) is 4.29. The van der Waals surface area contributed by atoms with Crippen LogP contribution in [0.25, 0.3) is 11.2 Å². The van der Waals surface area contributed by atoms with Crippen LogP contribution in [-0.4, -0.2) is 35.2 Å². The van der Waals surface area contributed by atoms with Gasteiger partial charge in [-0.25, -0.2) is 24.7 Å². The minimum absolute atomic E-state index is 0.279. The summed E-state index contributed by atoms with van der Waals surface area (Å²) < 4.78 is 1.53. The molecule has 0 atom stereocenters. The highest BCUT2D eigenvalue weighted by Gasteiger charge is 2.14. The van der Waals surface area contributed by atoms with Gasteiger partial charge in [-0.05, 0) is 13.3 Å². The summed E-state index contributed by atoms with van der Waals surface area (Å²) in [6.07, 6.45) is 4.41. The van der Waals surface area contributed by atoms with Crippen LogP contribution in [0.5, 0.6) is 0 Å². The summed E-state index contributed by atoms with van der Waals surface area (Å²) in [6, 6.07) is 0. The van der Waals surface area contributed by atoms with Crippen molar-refractivity contribution in [3.05, 3.63) is 34.3 Å². The highest BCUT2D eigenvalue weighted by molar-refractivity contribution is 7.99. The highest BCUT2D eigenvalue weighted by Crippen LogP contribution is 2.21. The first-order valence-electron chi connectivity index (χ1n) is 7.25. The lowest BCUT2D eigenvalue weighted by Gasteiger charge is -2.05. The predicted octanol–water partition coefficient (Wildman–Crippen LogP) is 1.35. The molecule has 3 heterocycles. The Labute approximate surface area is 136 Å². The fourth-order valence-electron chi connectivity index (χ4n) is 2.12. The number of thioether (sulfide) groups is 1. The van der Waals surface area contributed by atoms with E-state index in [9.17, 15) is 4.79 Å². The van der Waals surface area contributed by atoms with Gasteiger partial charge in [-0.1, -0.05) is 18.7 Å². The second-order valence-electron chi connectivity index (χ2n) is 5.09. The molecule has 0 radical (unpaired) electrons. The van der Waals surface area contributed by atoms with Crippen LogP contribution in [0.4, 0.5) is 5.82 Å². The summed E-state index contributed by atoms with van der Waals surface area (Å²) in [7, 11) is 0. The predicted molar refractivity (Wildman–Crippen MR) is 89.4 cm³/mol. The van der Waals surface area contributed by atoms with Crippen molar-refractivity contribution in [1.29, 1.82) is 0 Å². The van der Waals surface area contributed by atoms with Crippen LogP contribution in [0.1, 0.15) is 24.7 Å². The number of imidazole rings is 1. The number of hydrogen-bond donors (Lipinski definition) is 2. The molecule has 3 N–H and O–H groups in total. The van der Waals surface area contributed by atoms with Gasteiger partial charge in [-0.3, -0.25) is 4.57 Å². The van der Waals surface area contributed by atoms with Crippen molar-refractivity contribution in [2.24, 2.45) is 0 Å². The Kier molecular flexibility index (Phi) is 4.28. The Morgan fingerprint density at radius 1 is 1.30 bits per heavy atom. The number of aromatic amines is 1. The topological polar surface area (TPSA) is 115 Å². The Morgan fingerprint density at radius 2 is 2.04 bits per heavy atom. The molecule has 0 fully saturated rings. The van der Waals surface area contributed by atoms with Gasteiger partial charge in [-0.15, -0.1) is 0 Å². The van der Waals surface area contributed by atoms with Crippen LogP contribution >= 0.6 is 11.8 Å². The lowest BCUT2D eigenvalue weighted by atomic mass is 10.3. The van der Waals surface area contributed by atoms with Gasteiger partial charge in [0.1, 0.15) is 11.3 Å². The van der Waals surface area contributed by atoms with Crippen molar-refractivity contribution in [2.75, 3.05) is 11.5 Å². The molecule has 3 aromatic heterocycles. The zero-order chi connectivity index (χ0) is 16.4. The van der Waals surface area contributed by atoms with E-state index in [0.717, 1.165) is 17.7 Å². The van der Waals surface area contributed by atoms with E-state index < -0.39 is 0 Å². The second-order valence-corrected chi connectivity index (χ2v) is 6.16. The maximum Gasteiger partial charge on any atom is 0.328 e. The molecule has 0 aliphatic carbocycles. The SMILES string of the molecule is CCCSc1nc(N)c2[nH]c(=O)n(Cc3cnc(C)nc3)c2n1. The van der Waals surface area contributed by atoms with Crippen molar-refractivity contribution in [2.45, 2.75) is 32.0 Å². The van der Waals surface area contributed by atoms with Crippen molar-refractivity contribution in [3.8, 4) is 0 Å². The van der Waals surface area contributed by atoms with Crippen molar-refractivity contribution < 1.29 is 0 Å². The fraction of sp³-hybridized carbons (Fsp3) is 0.357. The lowest BCUT2D eigenvalue weighted by Crippen LogP contribution is -2.18. The molecule has 8 nitrogen and oxygen atoms in total. The molecule has 0 aliphatic rings. The number of aromatic nitrogens is 6. The number of nitrogens with zero attached hydrogens (tertiary/aromatic N) is 5. The zero-order valence-corrected chi connectivity index (χ0v) is 13.7. The Morgan fingerprint density at radius 3 is 2.74 bits per heavy atom. The largest absolute Gasteiger partial charge is 0.382 e. The van der Waals surface area contributed by atoms with Crippen LogP contribution < -0.4 is 11.4 Å². The molecular weight excluding hydrogens is 314 g/mol. The summed E-state index contributed by atoms with van der Waals surface area (Å²) in [5.41, 5.74) is 7.45. The molecule has 120 valence electrons. The van der Waals surface area contributed by atoms with Gasteiger partial charge < -0.3 is 10.7 Å². The quantitative estimate of drug-likeness (QED) is 0.535. The summed E-state index contributed by atoms with van der Waals surface area (Å²) in [4.78, 5) is 31.9. The van der Waals surface area contributed by atoms with Gasteiger partial charge >= 0.3 is 5.69 Å². The number of H-pyrrole nitrogens is 1. The fourth-order valence-corrected chi connectivity index (χ4v) is 2.82. The number of hydrogen-bond acceptors (Lipinski definition) is 7. The Hall–Kier alpha value is -2.42. The minimum Gasteiger partial charge on any atom is -0.382 e. The summed E-state index contributed by atoms with van der Waals surface area (Å²) in [5, 5.41) is 0.574. The number of fused-ring (bicyclic) bond motifs is 1. The highest BCUT2D eigenvalue weighted by atomic mass is 32.2. The molecule has 0 saturated heterocycles. The molecule has 0 spiro atoms. The van der Waals surface area contributed by atoms with Gasteiger partial charge in [0.2, 0.25) is 0 Å². The van der Waals surface area contributed by atoms with Gasteiger partial charge in [-0.2, -0.15) is 0 Å². The molecule has 3 aromatic rings.